The fourth-order valence-corrected chi connectivity index (χ4v) is 2.31. The van der Waals surface area contributed by atoms with Crippen molar-refractivity contribution in [3.8, 4) is 11.1 Å². The number of aryl methyl sites for hydroxylation is 1. The van der Waals surface area contributed by atoms with Gasteiger partial charge in [-0.15, -0.1) is 0 Å². The monoisotopic (exact) mass is 254 g/mol. The molecular weight excluding hydrogens is 232 g/mol. The quantitative estimate of drug-likeness (QED) is 0.807. The highest BCUT2D eigenvalue weighted by molar-refractivity contribution is 5.63. The van der Waals surface area contributed by atoms with E-state index in [2.05, 4.69) is 55.5 Å². The smallest absolute Gasteiger partial charge is 0.0543 e. The third-order valence-electron chi connectivity index (χ3n) is 3.45. The predicted molar refractivity (Wildman–Crippen MR) is 81.1 cm³/mol. The van der Waals surface area contributed by atoms with Gasteiger partial charge >= 0.3 is 0 Å². The summed E-state index contributed by atoms with van der Waals surface area (Å²) in [6.45, 7) is 2.11. The van der Waals surface area contributed by atoms with Crippen LogP contribution in [0, 0.1) is 0 Å². The maximum absolute atomic E-state index is 9.74. The van der Waals surface area contributed by atoms with E-state index in [4.69, 9.17) is 0 Å². The van der Waals surface area contributed by atoms with Crippen LogP contribution in [0.2, 0.25) is 0 Å². The van der Waals surface area contributed by atoms with E-state index < -0.39 is 0 Å². The van der Waals surface area contributed by atoms with E-state index in [0.717, 1.165) is 25.7 Å². The molecule has 1 heteroatoms. The SMILES string of the molecule is CCCC(O)CCc1ccc(-c2ccccc2)cc1. The molecule has 0 heterocycles. The highest BCUT2D eigenvalue weighted by atomic mass is 16.3. The molecule has 1 N–H and O–H groups in total. The van der Waals surface area contributed by atoms with Crippen LogP contribution in [0.15, 0.2) is 54.6 Å². The van der Waals surface area contributed by atoms with Crippen LogP contribution in [0.3, 0.4) is 0 Å². The van der Waals surface area contributed by atoms with Crippen LogP contribution in [0.25, 0.3) is 11.1 Å². The second-order valence-corrected chi connectivity index (χ2v) is 5.04. The van der Waals surface area contributed by atoms with Gasteiger partial charge in [-0.1, -0.05) is 67.9 Å². The fourth-order valence-electron chi connectivity index (χ4n) is 2.31. The van der Waals surface area contributed by atoms with Crippen molar-refractivity contribution in [1.29, 1.82) is 0 Å². The maximum atomic E-state index is 9.74. The first-order valence-electron chi connectivity index (χ1n) is 7.12. The van der Waals surface area contributed by atoms with Crippen LogP contribution in [-0.4, -0.2) is 11.2 Å². The van der Waals surface area contributed by atoms with Crippen molar-refractivity contribution in [2.45, 2.75) is 38.7 Å². The molecule has 0 saturated heterocycles. The van der Waals surface area contributed by atoms with Gasteiger partial charge in [0.25, 0.3) is 0 Å². The summed E-state index contributed by atoms with van der Waals surface area (Å²) in [5.74, 6) is 0. The lowest BCUT2D eigenvalue weighted by atomic mass is 10.0. The Morgan fingerprint density at radius 2 is 1.47 bits per heavy atom. The Balaban J connectivity index is 1.95. The third-order valence-corrected chi connectivity index (χ3v) is 3.45. The van der Waals surface area contributed by atoms with Crippen molar-refractivity contribution in [1.82, 2.24) is 0 Å². The van der Waals surface area contributed by atoms with Gasteiger partial charge in [-0.3, -0.25) is 0 Å². The normalized spacial score (nSPS) is 12.3. The summed E-state index contributed by atoms with van der Waals surface area (Å²) in [6.07, 6.45) is 3.61. The molecule has 0 amide bonds. The summed E-state index contributed by atoms with van der Waals surface area (Å²) >= 11 is 0. The Bertz CT molecular complexity index is 473. The Labute approximate surface area is 115 Å². The second-order valence-electron chi connectivity index (χ2n) is 5.04. The van der Waals surface area contributed by atoms with Gasteiger partial charge in [0.15, 0.2) is 0 Å². The Kier molecular flexibility index (Phi) is 5.17. The van der Waals surface area contributed by atoms with Gasteiger partial charge in [-0.25, -0.2) is 0 Å². The Morgan fingerprint density at radius 3 is 2.11 bits per heavy atom. The highest BCUT2D eigenvalue weighted by Crippen LogP contribution is 2.20. The van der Waals surface area contributed by atoms with E-state index >= 15 is 0 Å². The van der Waals surface area contributed by atoms with Crippen molar-refractivity contribution in [3.63, 3.8) is 0 Å². The zero-order chi connectivity index (χ0) is 13.5. The molecule has 2 aromatic carbocycles. The molecule has 100 valence electrons. The zero-order valence-corrected chi connectivity index (χ0v) is 11.5. The Morgan fingerprint density at radius 1 is 0.842 bits per heavy atom. The number of benzene rings is 2. The molecular formula is C18H22O. The van der Waals surface area contributed by atoms with Crippen LogP contribution >= 0.6 is 0 Å². The zero-order valence-electron chi connectivity index (χ0n) is 11.5. The van der Waals surface area contributed by atoms with Crippen molar-refractivity contribution >= 4 is 0 Å². The second kappa shape index (κ2) is 7.10. The van der Waals surface area contributed by atoms with Gasteiger partial charge in [0.05, 0.1) is 6.10 Å². The highest BCUT2D eigenvalue weighted by Gasteiger charge is 2.03. The fraction of sp³-hybridized carbons (Fsp3) is 0.333. The summed E-state index contributed by atoms with van der Waals surface area (Å²) in [7, 11) is 0. The minimum Gasteiger partial charge on any atom is -0.393 e. The summed E-state index contributed by atoms with van der Waals surface area (Å²) in [4.78, 5) is 0. The molecule has 2 aromatic rings. The van der Waals surface area contributed by atoms with Crippen LogP contribution in [0.5, 0.6) is 0 Å². The van der Waals surface area contributed by atoms with Gasteiger partial charge in [0, 0.05) is 0 Å². The van der Waals surface area contributed by atoms with E-state index in [9.17, 15) is 5.11 Å². The number of aliphatic hydroxyl groups is 1. The molecule has 0 aliphatic heterocycles. The average molecular weight is 254 g/mol. The first kappa shape index (κ1) is 13.8. The average Bonchev–Trinajstić information content (AvgIpc) is 2.47. The summed E-state index contributed by atoms with van der Waals surface area (Å²) in [5, 5.41) is 9.74. The van der Waals surface area contributed by atoms with Gasteiger partial charge < -0.3 is 5.11 Å². The van der Waals surface area contributed by atoms with E-state index in [1.54, 1.807) is 0 Å². The summed E-state index contributed by atoms with van der Waals surface area (Å²) < 4.78 is 0. The van der Waals surface area contributed by atoms with Crippen molar-refractivity contribution in [3.05, 3.63) is 60.2 Å². The van der Waals surface area contributed by atoms with Crippen LogP contribution in [0.1, 0.15) is 31.7 Å². The van der Waals surface area contributed by atoms with Gasteiger partial charge in [-0.2, -0.15) is 0 Å². The van der Waals surface area contributed by atoms with Gasteiger partial charge in [0.1, 0.15) is 0 Å². The lowest BCUT2D eigenvalue weighted by Crippen LogP contribution is -2.06. The molecule has 0 radical (unpaired) electrons. The number of aliphatic hydroxyl groups excluding tert-OH is 1. The minimum absolute atomic E-state index is 0.154. The summed E-state index contributed by atoms with van der Waals surface area (Å²) in [5.41, 5.74) is 3.80. The molecule has 0 bridgehead atoms. The van der Waals surface area contributed by atoms with Crippen molar-refractivity contribution in [2.75, 3.05) is 0 Å². The molecule has 1 unspecified atom stereocenters. The molecule has 1 atom stereocenters. The van der Waals surface area contributed by atoms with E-state index in [1.807, 2.05) is 6.07 Å². The largest absolute Gasteiger partial charge is 0.393 e. The first-order valence-corrected chi connectivity index (χ1v) is 7.12. The molecule has 0 aliphatic rings. The summed E-state index contributed by atoms with van der Waals surface area (Å²) in [6, 6.07) is 19.1. The van der Waals surface area contributed by atoms with E-state index in [0.29, 0.717) is 0 Å². The molecule has 19 heavy (non-hydrogen) atoms. The van der Waals surface area contributed by atoms with E-state index in [-0.39, 0.29) is 6.10 Å². The Hall–Kier alpha value is -1.60. The standard InChI is InChI=1S/C18H22O/c1-2-6-18(19)14-11-15-9-12-17(13-10-15)16-7-4-3-5-8-16/h3-5,7-10,12-13,18-19H,2,6,11,14H2,1H3. The molecule has 0 spiro atoms. The van der Waals surface area contributed by atoms with Crippen LogP contribution in [-0.2, 0) is 6.42 Å². The molecule has 0 aromatic heterocycles. The topological polar surface area (TPSA) is 20.2 Å². The molecule has 0 saturated carbocycles. The van der Waals surface area contributed by atoms with Crippen LogP contribution in [0.4, 0.5) is 0 Å². The van der Waals surface area contributed by atoms with E-state index in [1.165, 1.54) is 16.7 Å². The minimum atomic E-state index is -0.154. The number of rotatable bonds is 6. The number of hydrogen-bond donors (Lipinski definition) is 1. The maximum Gasteiger partial charge on any atom is 0.0543 e. The van der Waals surface area contributed by atoms with Crippen molar-refractivity contribution in [2.24, 2.45) is 0 Å². The lowest BCUT2D eigenvalue weighted by molar-refractivity contribution is 0.154. The van der Waals surface area contributed by atoms with Gasteiger partial charge in [-0.05, 0) is 36.0 Å². The van der Waals surface area contributed by atoms with Crippen LogP contribution < -0.4 is 0 Å². The first-order chi connectivity index (χ1) is 9.29. The number of hydrogen-bond acceptors (Lipinski definition) is 1. The molecule has 0 fully saturated rings. The molecule has 0 aliphatic carbocycles. The third kappa shape index (κ3) is 4.22. The van der Waals surface area contributed by atoms with Gasteiger partial charge in [0.2, 0.25) is 0 Å². The van der Waals surface area contributed by atoms with Crippen molar-refractivity contribution < 1.29 is 5.11 Å². The lowest BCUT2D eigenvalue weighted by Gasteiger charge is -2.09. The molecule has 2 rings (SSSR count). The predicted octanol–water partition coefficient (Wildman–Crippen LogP) is 4.45. The molecule has 1 nitrogen and oxygen atoms in total.